The Labute approximate surface area is 199 Å². The van der Waals surface area contributed by atoms with E-state index in [0.29, 0.717) is 37.6 Å². The Morgan fingerprint density at radius 1 is 1.03 bits per heavy atom. The summed E-state index contributed by atoms with van der Waals surface area (Å²) in [5.41, 5.74) is 0. The van der Waals surface area contributed by atoms with Gasteiger partial charge in [-0.1, -0.05) is 26.7 Å². The molecule has 2 saturated heterocycles. The molecule has 10 heteroatoms. The molecule has 2 rings (SSSR count). The van der Waals surface area contributed by atoms with Crippen molar-refractivity contribution in [1.82, 2.24) is 19.8 Å². The first-order valence-electron chi connectivity index (χ1n) is 10.7. The highest BCUT2D eigenvalue weighted by atomic mass is 127. The summed E-state index contributed by atoms with van der Waals surface area (Å²) in [6, 6.07) is 0.464. The lowest BCUT2D eigenvalue weighted by atomic mass is 10.0. The van der Waals surface area contributed by atoms with Crippen LogP contribution in [0.3, 0.4) is 0 Å². The van der Waals surface area contributed by atoms with Crippen LogP contribution < -0.4 is 10.6 Å². The molecule has 1 atom stereocenters. The number of thioether (sulfide) groups is 1. The highest BCUT2D eigenvalue weighted by Gasteiger charge is 2.25. The molecule has 7 nitrogen and oxygen atoms in total. The Kier molecular flexibility index (Phi) is 13.5. The van der Waals surface area contributed by atoms with Gasteiger partial charge in [0, 0.05) is 50.8 Å². The number of rotatable bonds is 8. The summed E-state index contributed by atoms with van der Waals surface area (Å²) >= 11 is 1.82. The summed E-state index contributed by atoms with van der Waals surface area (Å²) in [4.78, 5) is 6.89. The maximum absolute atomic E-state index is 12.5. The van der Waals surface area contributed by atoms with Crippen LogP contribution in [0, 0.1) is 5.92 Å². The van der Waals surface area contributed by atoms with Crippen molar-refractivity contribution in [2.24, 2.45) is 10.9 Å². The van der Waals surface area contributed by atoms with Crippen molar-refractivity contribution in [2.45, 2.75) is 45.6 Å². The van der Waals surface area contributed by atoms with Gasteiger partial charge in [0.25, 0.3) is 0 Å². The number of nitrogens with zero attached hydrogens (tertiary/aromatic N) is 3. The van der Waals surface area contributed by atoms with E-state index in [1.165, 1.54) is 38.8 Å². The predicted molar refractivity (Wildman–Crippen MR) is 136 cm³/mol. The Balaban J connectivity index is 0.00000420. The van der Waals surface area contributed by atoms with Crippen molar-refractivity contribution in [3.8, 4) is 0 Å². The zero-order chi connectivity index (χ0) is 20.4. The second-order valence-electron chi connectivity index (χ2n) is 7.97. The summed E-state index contributed by atoms with van der Waals surface area (Å²) in [6.45, 7) is 9.35. The molecule has 0 aromatic heterocycles. The molecule has 0 aliphatic carbocycles. The number of guanidine groups is 1. The highest BCUT2D eigenvalue weighted by Crippen LogP contribution is 2.17. The van der Waals surface area contributed by atoms with Crippen LogP contribution in [0.5, 0.6) is 0 Å². The first-order valence-corrected chi connectivity index (χ1v) is 13.4. The van der Waals surface area contributed by atoms with Crippen molar-refractivity contribution >= 4 is 51.7 Å². The standard InChI is InChI=1S/C19H39N5O2S2.HI/c1-17(2)18(23-9-6-4-5-7-10-23)16-22-19(20-3)21-8-15-28(25,26)24-11-13-27-14-12-24;/h17-18H,4-16H2,1-3H3,(H2,20,21,22);1H. The smallest absolute Gasteiger partial charge is 0.215 e. The summed E-state index contributed by atoms with van der Waals surface area (Å²) < 4.78 is 26.5. The van der Waals surface area contributed by atoms with Crippen LogP contribution >= 0.6 is 35.7 Å². The third-order valence-electron chi connectivity index (χ3n) is 5.60. The van der Waals surface area contributed by atoms with Gasteiger partial charge in [-0.25, -0.2) is 12.7 Å². The van der Waals surface area contributed by atoms with E-state index < -0.39 is 10.0 Å². The van der Waals surface area contributed by atoms with Crippen LogP contribution in [0.1, 0.15) is 39.5 Å². The average molecular weight is 562 g/mol. The van der Waals surface area contributed by atoms with E-state index in [1.807, 2.05) is 11.8 Å². The van der Waals surface area contributed by atoms with Crippen LogP contribution in [0.4, 0.5) is 0 Å². The lowest BCUT2D eigenvalue weighted by molar-refractivity contribution is 0.161. The molecule has 2 aliphatic heterocycles. The van der Waals surface area contributed by atoms with E-state index in [0.717, 1.165) is 18.1 Å². The minimum Gasteiger partial charge on any atom is -0.355 e. The quantitative estimate of drug-likeness (QED) is 0.269. The second kappa shape index (κ2) is 14.3. The van der Waals surface area contributed by atoms with E-state index in [1.54, 1.807) is 11.4 Å². The lowest BCUT2D eigenvalue weighted by Crippen LogP contribution is -2.50. The molecule has 0 amide bonds. The van der Waals surface area contributed by atoms with Crippen molar-refractivity contribution in [3.05, 3.63) is 0 Å². The van der Waals surface area contributed by atoms with Gasteiger partial charge >= 0.3 is 0 Å². The van der Waals surface area contributed by atoms with Crippen LogP contribution in [0.25, 0.3) is 0 Å². The number of hydrogen-bond donors (Lipinski definition) is 2. The van der Waals surface area contributed by atoms with Gasteiger partial charge in [-0.3, -0.25) is 9.89 Å². The van der Waals surface area contributed by atoms with Gasteiger partial charge in [0.2, 0.25) is 10.0 Å². The zero-order valence-electron chi connectivity index (χ0n) is 18.2. The van der Waals surface area contributed by atoms with Gasteiger partial charge in [-0.2, -0.15) is 11.8 Å². The molecule has 29 heavy (non-hydrogen) atoms. The first kappa shape index (κ1) is 27.3. The van der Waals surface area contributed by atoms with Gasteiger partial charge in [0.15, 0.2) is 5.96 Å². The Bertz CT molecular complexity index is 575. The maximum atomic E-state index is 12.5. The van der Waals surface area contributed by atoms with E-state index in [9.17, 15) is 8.42 Å². The molecule has 0 aromatic carbocycles. The lowest BCUT2D eigenvalue weighted by Gasteiger charge is -2.34. The molecule has 2 heterocycles. The molecule has 1 unspecified atom stereocenters. The third-order valence-corrected chi connectivity index (χ3v) is 8.41. The van der Waals surface area contributed by atoms with Crippen LogP contribution in [-0.2, 0) is 10.0 Å². The van der Waals surface area contributed by atoms with Gasteiger partial charge in [0.05, 0.1) is 5.75 Å². The molecule has 2 fully saturated rings. The van der Waals surface area contributed by atoms with Crippen molar-refractivity contribution < 1.29 is 8.42 Å². The minimum absolute atomic E-state index is 0. The molecule has 0 aromatic rings. The number of likely N-dealkylation sites (tertiary alicyclic amines) is 1. The highest BCUT2D eigenvalue weighted by molar-refractivity contribution is 14.0. The van der Waals surface area contributed by atoms with E-state index >= 15 is 0 Å². The van der Waals surface area contributed by atoms with Crippen molar-refractivity contribution in [3.63, 3.8) is 0 Å². The zero-order valence-corrected chi connectivity index (χ0v) is 22.2. The molecular weight excluding hydrogens is 521 g/mol. The van der Waals surface area contributed by atoms with Crippen molar-refractivity contribution in [2.75, 3.05) is 63.6 Å². The fourth-order valence-corrected chi connectivity index (χ4v) is 6.38. The van der Waals surface area contributed by atoms with Crippen LogP contribution in [0.15, 0.2) is 4.99 Å². The molecule has 0 spiro atoms. The number of aliphatic imine (C=N–C) groups is 1. The van der Waals surface area contributed by atoms with Crippen LogP contribution in [-0.4, -0.2) is 93.2 Å². The molecule has 0 bridgehead atoms. The molecule has 0 radical (unpaired) electrons. The number of halogens is 1. The largest absolute Gasteiger partial charge is 0.355 e. The Morgan fingerprint density at radius 3 is 2.21 bits per heavy atom. The third kappa shape index (κ3) is 9.49. The van der Waals surface area contributed by atoms with Crippen LogP contribution in [0.2, 0.25) is 0 Å². The second-order valence-corrected chi connectivity index (χ2v) is 11.3. The average Bonchev–Trinajstić information content (AvgIpc) is 2.96. The summed E-state index contributed by atoms with van der Waals surface area (Å²) in [6.07, 6.45) is 5.23. The van der Waals surface area contributed by atoms with Gasteiger partial charge in [0.1, 0.15) is 0 Å². The summed E-state index contributed by atoms with van der Waals surface area (Å²) in [5, 5.41) is 6.60. The monoisotopic (exact) mass is 561 g/mol. The van der Waals surface area contributed by atoms with Gasteiger partial charge in [-0.15, -0.1) is 24.0 Å². The molecule has 2 aliphatic rings. The predicted octanol–water partition coefficient (Wildman–Crippen LogP) is 2.05. The first-order chi connectivity index (χ1) is 13.4. The Morgan fingerprint density at radius 2 is 1.66 bits per heavy atom. The number of hydrogen-bond acceptors (Lipinski definition) is 5. The van der Waals surface area contributed by atoms with E-state index in [4.69, 9.17) is 0 Å². The van der Waals surface area contributed by atoms with Gasteiger partial charge < -0.3 is 10.6 Å². The fourth-order valence-electron chi connectivity index (χ4n) is 3.89. The molecule has 172 valence electrons. The summed E-state index contributed by atoms with van der Waals surface area (Å²) in [7, 11) is -1.45. The number of sulfonamides is 1. The fraction of sp³-hybridized carbons (Fsp3) is 0.947. The molecule has 0 saturated carbocycles. The van der Waals surface area contributed by atoms with Gasteiger partial charge in [-0.05, 0) is 31.8 Å². The topological polar surface area (TPSA) is 77.0 Å². The van der Waals surface area contributed by atoms with E-state index in [-0.39, 0.29) is 29.7 Å². The minimum atomic E-state index is -3.19. The maximum Gasteiger partial charge on any atom is 0.215 e. The normalized spacial score (nSPS) is 21.3. The SMILES string of the molecule is CN=C(NCCS(=O)(=O)N1CCSCC1)NCC(C(C)C)N1CCCCCC1.I. The molecule has 2 N–H and O–H groups in total. The van der Waals surface area contributed by atoms with Crippen molar-refractivity contribution in [1.29, 1.82) is 0 Å². The molecular formula is C19H40IN5O2S2. The number of nitrogens with one attached hydrogen (secondary N) is 2. The Hall–Kier alpha value is 0.220. The summed E-state index contributed by atoms with van der Waals surface area (Å²) in [5.74, 6) is 3.13. The van der Waals surface area contributed by atoms with E-state index in [2.05, 4.69) is 34.4 Å².